The van der Waals surface area contributed by atoms with E-state index in [0.717, 1.165) is 5.56 Å². The molecule has 0 radical (unpaired) electrons. The van der Waals surface area contributed by atoms with E-state index in [1.807, 2.05) is 0 Å². The van der Waals surface area contributed by atoms with Crippen LogP contribution in [0.4, 0.5) is 4.79 Å². The first kappa shape index (κ1) is 17.6. The average Bonchev–Trinajstić information content (AvgIpc) is 2.43. The number of nitrogens with zero attached hydrogens (tertiary/aromatic N) is 1. The summed E-state index contributed by atoms with van der Waals surface area (Å²) in [6, 6.07) is 5.87. The highest BCUT2D eigenvalue weighted by Gasteiger charge is 2.43. The summed E-state index contributed by atoms with van der Waals surface area (Å²) < 4.78 is 5.33. The van der Waals surface area contributed by atoms with Crippen LogP contribution in [0.5, 0.6) is 5.75 Å². The quantitative estimate of drug-likeness (QED) is 0.733. The molecule has 1 amide bonds. The van der Waals surface area contributed by atoms with Crippen molar-refractivity contribution in [3.05, 3.63) is 29.8 Å². The molecule has 1 fully saturated rings. The Kier molecular flexibility index (Phi) is 4.87. The number of β-amino-alcohol motifs (C(OH)–C–C–N with tert-alkyl or cyclic N) is 1. The third-order valence-electron chi connectivity index (χ3n) is 4.06. The Morgan fingerprint density at radius 3 is 2.30 bits per heavy atom. The molecule has 6 nitrogen and oxygen atoms in total. The van der Waals surface area contributed by atoms with Gasteiger partial charge in [-0.1, -0.05) is 12.1 Å². The van der Waals surface area contributed by atoms with Gasteiger partial charge in [0, 0.05) is 5.92 Å². The van der Waals surface area contributed by atoms with Crippen LogP contribution < -0.4 is 0 Å². The van der Waals surface area contributed by atoms with Crippen LogP contribution in [0.1, 0.15) is 39.2 Å². The molecule has 3 N–H and O–H groups in total. The number of carbonyl (C=O) groups excluding carboxylic acids is 1. The Hall–Kier alpha value is -1.79. The predicted molar refractivity (Wildman–Crippen MR) is 85.3 cm³/mol. The number of piperidine rings is 1. The van der Waals surface area contributed by atoms with Crippen molar-refractivity contribution in [1.29, 1.82) is 0 Å². The number of hydrogen-bond acceptors (Lipinski definition) is 5. The number of rotatable bonds is 1. The SMILES string of the molecule is CC1C(O)C(c2ccc(O)cc2)C(O)CN1C(=O)OC(C)(C)C. The molecular weight excluding hydrogens is 298 g/mol. The molecule has 6 heteroatoms. The Balaban J connectivity index is 2.18. The first-order valence-corrected chi connectivity index (χ1v) is 7.75. The molecule has 4 atom stereocenters. The van der Waals surface area contributed by atoms with Gasteiger partial charge < -0.3 is 25.0 Å². The minimum absolute atomic E-state index is 0.0820. The van der Waals surface area contributed by atoms with Crippen LogP contribution in [-0.2, 0) is 4.74 Å². The number of aliphatic hydroxyl groups is 2. The minimum atomic E-state index is -0.934. The van der Waals surface area contributed by atoms with Crippen molar-refractivity contribution < 1.29 is 24.9 Å². The number of likely N-dealkylation sites (tertiary alicyclic amines) is 1. The summed E-state index contributed by atoms with van der Waals surface area (Å²) in [5.74, 6) is -0.402. The van der Waals surface area contributed by atoms with Crippen LogP contribution in [0.25, 0.3) is 0 Å². The van der Waals surface area contributed by atoms with Crippen LogP contribution in [0.2, 0.25) is 0 Å². The number of phenolic OH excluding ortho intramolecular Hbond substituents is 1. The van der Waals surface area contributed by atoms with Crippen molar-refractivity contribution in [2.45, 2.75) is 57.5 Å². The van der Waals surface area contributed by atoms with Crippen molar-refractivity contribution in [3.8, 4) is 5.75 Å². The maximum absolute atomic E-state index is 12.3. The molecular formula is C17H25NO5. The lowest BCUT2D eigenvalue weighted by atomic mass is 9.81. The van der Waals surface area contributed by atoms with E-state index in [1.54, 1.807) is 39.8 Å². The fraction of sp³-hybridized carbons (Fsp3) is 0.588. The van der Waals surface area contributed by atoms with E-state index >= 15 is 0 Å². The van der Waals surface area contributed by atoms with Gasteiger partial charge in [0.05, 0.1) is 24.8 Å². The molecule has 1 aromatic rings. The van der Waals surface area contributed by atoms with Crippen molar-refractivity contribution >= 4 is 6.09 Å². The predicted octanol–water partition coefficient (Wildman–Crippen LogP) is 1.84. The van der Waals surface area contributed by atoms with Gasteiger partial charge in [-0.15, -0.1) is 0 Å². The maximum Gasteiger partial charge on any atom is 0.410 e. The van der Waals surface area contributed by atoms with Gasteiger partial charge in [-0.25, -0.2) is 4.79 Å². The van der Waals surface area contributed by atoms with Gasteiger partial charge in [-0.3, -0.25) is 0 Å². The molecule has 0 saturated carbocycles. The monoisotopic (exact) mass is 323 g/mol. The molecule has 1 heterocycles. The smallest absolute Gasteiger partial charge is 0.410 e. The van der Waals surface area contributed by atoms with Gasteiger partial charge in [0.15, 0.2) is 0 Å². The first-order chi connectivity index (χ1) is 10.6. The van der Waals surface area contributed by atoms with E-state index < -0.39 is 35.9 Å². The van der Waals surface area contributed by atoms with Crippen molar-refractivity contribution in [2.75, 3.05) is 6.54 Å². The molecule has 1 aliphatic heterocycles. The summed E-state index contributed by atoms with van der Waals surface area (Å²) in [4.78, 5) is 13.6. The lowest BCUT2D eigenvalue weighted by molar-refractivity contribution is -0.0689. The van der Waals surface area contributed by atoms with Gasteiger partial charge in [-0.2, -0.15) is 0 Å². The number of benzene rings is 1. The molecule has 1 aromatic carbocycles. The largest absolute Gasteiger partial charge is 0.508 e. The van der Waals surface area contributed by atoms with E-state index in [4.69, 9.17) is 4.74 Å². The van der Waals surface area contributed by atoms with Crippen LogP contribution in [0.15, 0.2) is 24.3 Å². The zero-order valence-electron chi connectivity index (χ0n) is 13.9. The highest BCUT2D eigenvalue weighted by atomic mass is 16.6. The first-order valence-electron chi connectivity index (χ1n) is 7.75. The summed E-state index contributed by atoms with van der Waals surface area (Å²) in [6.07, 6.45) is -2.40. The number of hydrogen-bond donors (Lipinski definition) is 3. The maximum atomic E-state index is 12.3. The molecule has 128 valence electrons. The number of amides is 1. The summed E-state index contributed by atoms with van der Waals surface area (Å²) >= 11 is 0. The van der Waals surface area contributed by atoms with E-state index in [-0.39, 0.29) is 12.3 Å². The van der Waals surface area contributed by atoms with Gasteiger partial charge in [-0.05, 0) is 45.4 Å². The van der Waals surface area contributed by atoms with Crippen molar-refractivity contribution in [1.82, 2.24) is 4.90 Å². The van der Waals surface area contributed by atoms with Gasteiger partial charge >= 0.3 is 6.09 Å². The molecule has 4 unspecified atom stereocenters. The summed E-state index contributed by atoms with van der Waals surface area (Å²) in [5.41, 5.74) is 0.0824. The lowest BCUT2D eigenvalue weighted by Gasteiger charge is -2.44. The molecule has 1 saturated heterocycles. The van der Waals surface area contributed by atoms with Crippen LogP contribution in [-0.4, -0.2) is 56.7 Å². The molecule has 2 rings (SSSR count). The highest BCUT2D eigenvalue weighted by molar-refractivity contribution is 5.69. The lowest BCUT2D eigenvalue weighted by Crippen LogP contribution is -2.58. The summed E-state index contributed by atoms with van der Waals surface area (Å²) in [5, 5.41) is 30.4. The third-order valence-corrected chi connectivity index (χ3v) is 4.06. The number of phenols is 1. The normalized spacial score (nSPS) is 28.5. The highest BCUT2D eigenvalue weighted by Crippen LogP contribution is 2.33. The number of carbonyl (C=O) groups is 1. The Morgan fingerprint density at radius 2 is 1.78 bits per heavy atom. The van der Waals surface area contributed by atoms with Gasteiger partial charge in [0.1, 0.15) is 11.4 Å². The fourth-order valence-electron chi connectivity index (χ4n) is 2.87. The topological polar surface area (TPSA) is 90.2 Å². The van der Waals surface area contributed by atoms with Crippen LogP contribution >= 0.6 is 0 Å². The summed E-state index contributed by atoms with van der Waals surface area (Å²) in [7, 11) is 0. The fourth-order valence-corrected chi connectivity index (χ4v) is 2.87. The molecule has 0 spiro atoms. The van der Waals surface area contributed by atoms with Crippen LogP contribution in [0.3, 0.4) is 0 Å². The third kappa shape index (κ3) is 3.95. The second-order valence-electron chi connectivity index (χ2n) is 7.05. The minimum Gasteiger partial charge on any atom is -0.508 e. The molecule has 0 bridgehead atoms. The van der Waals surface area contributed by atoms with E-state index in [2.05, 4.69) is 0 Å². The zero-order valence-corrected chi connectivity index (χ0v) is 13.9. The average molecular weight is 323 g/mol. The van der Waals surface area contributed by atoms with E-state index in [9.17, 15) is 20.1 Å². The standard InChI is InChI=1S/C17H25NO5/c1-10-15(21)14(11-5-7-12(19)8-6-11)13(20)9-18(10)16(22)23-17(2,3)4/h5-8,10,13-15,19-21H,9H2,1-4H3. The van der Waals surface area contributed by atoms with Gasteiger partial charge in [0.25, 0.3) is 0 Å². The molecule has 1 aliphatic rings. The Morgan fingerprint density at radius 1 is 1.22 bits per heavy atom. The number of ether oxygens (including phenoxy) is 1. The summed E-state index contributed by atoms with van der Waals surface area (Å²) in [6.45, 7) is 7.12. The second kappa shape index (κ2) is 6.37. The zero-order chi connectivity index (χ0) is 17.4. The second-order valence-corrected chi connectivity index (χ2v) is 7.05. The number of aromatic hydroxyl groups is 1. The Bertz CT molecular complexity index is 551. The number of aliphatic hydroxyl groups excluding tert-OH is 2. The van der Waals surface area contributed by atoms with Gasteiger partial charge in [0.2, 0.25) is 0 Å². The molecule has 23 heavy (non-hydrogen) atoms. The Labute approximate surface area is 136 Å². The van der Waals surface area contributed by atoms with E-state index in [0.29, 0.717) is 0 Å². The van der Waals surface area contributed by atoms with E-state index in [1.165, 1.54) is 17.0 Å². The molecule has 0 aromatic heterocycles. The molecule has 0 aliphatic carbocycles. The van der Waals surface area contributed by atoms with Crippen LogP contribution in [0, 0.1) is 0 Å². The van der Waals surface area contributed by atoms with Crippen molar-refractivity contribution in [3.63, 3.8) is 0 Å². The van der Waals surface area contributed by atoms with Crippen molar-refractivity contribution in [2.24, 2.45) is 0 Å².